The number of alkyl halides is 3. The SMILES string of the molecule is CCOc1c(CC(N)=O)cc([C@@](O)(CNC(=O)c2n[nH]c3ccc(F)cc23)C(F)(F)F)nc1-c1ccc(F)cc1. The molecule has 0 bridgehead atoms. The normalized spacial score (nSPS) is 13.2. The fraction of sp³-hybridized carbons (Fsp3) is 0.231. The van der Waals surface area contributed by atoms with E-state index in [2.05, 4.69) is 15.2 Å². The van der Waals surface area contributed by atoms with Gasteiger partial charge in [0.05, 0.1) is 30.8 Å². The van der Waals surface area contributed by atoms with Crippen LogP contribution in [0.25, 0.3) is 22.2 Å². The second kappa shape index (κ2) is 10.9. The summed E-state index contributed by atoms with van der Waals surface area (Å²) in [5, 5.41) is 19.2. The van der Waals surface area contributed by atoms with Crippen molar-refractivity contribution in [3.05, 3.63) is 77.1 Å². The number of amides is 2. The third-order valence-corrected chi connectivity index (χ3v) is 5.96. The summed E-state index contributed by atoms with van der Waals surface area (Å²) in [5.41, 5.74) is 0.161. The van der Waals surface area contributed by atoms with E-state index in [1.165, 1.54) is 18.2 Å². The quantitative estimate of drug-likeness (QED) is 0.230. The molecule has 40 heavy (non-hydrogen) atoms. The van der Waals surface area contributed by atoms with Crippen LogP contribution in [0, 0.1) is 11.6 Å². The van der Waals surface area contributed by atoms with Gasteiger partial charge in [-0.1, -0.05) is 0 Å². The molecule has 4 aromatic rings. The number of fused-ring (bicyclic) bond motifs is 1. The third kappa shape index (κ3) is 5.57. The molecule has 2 heterocycles. The summed E-state index contributed by atoms with van der Waals surface area (Å²) < 4.78 is 76.1. The lowest BCUT2D eigenvalue weighted by Crippen LogP contribution is -2.51. The molecule has 1 atom stereocenters. The van der Waals surface area contributed by atoms with Crippen LogP contribution in [-0.4, -0.2) is 51.4 Å². The van der Waals surface area contributed by atoms with E-state index in [9.17, 15) is 36.6 Å². The van der Waals surface area contributed by atoms with Crippen LogP contribution in [0.3, 0.4) is 0 Å². The molecule has 0 fully saturated rings. The molecular weight excluding hydrogens is 541 g/mol. The Hall–Kier alpha value is -4.59. The fourth-order valence-corrected chi connectivity index (χ4v) is 4.01. The summed E-state index contributed by atoms with van der Waals surface area (Å²) in [6.07, 6.45) is -5.98. The number of nitrogens with zero attached hydrogens (tertiary/aromatic N) is 2. The first kappa shape index (κ1) is 28.4. The number of pyridine rings is 1. The van der Waals surface area contributed by atoms with Crippen LogP contribution in [-0.2, 0) is 16.8 Å². The molecule has 210 valence electrons. The first-order chi connectivity index (χ1) is 18.8. The summed E-state index contributed by atoms with van der Waals surface area (Å²) in [6, 6.07) is 8.72. The van der Waals surface area contributed by atoms with Gasteiger partial charge in [0, 0.05) is 16.5 Å². The maximum atomic E-state index is 14.4. The number of carbonyl (C=O) groups excluding carboxylic acids is 2. The lowest BCUT2D eigenvalue weighted by molar-refractivity contribution is -0.265. The summed E-state index contributed by atoms with van der Waals surface area (Å²) in [7, 11) is 0. The van der Waals surface area contributed by atoms with E-state index in [0.29, 0.717) is 0 Å². The Balaban J connectivity index is 1.81. The molecule has 0 saturated heterocycles. The number of rotatable bonds is 9. The standard InChI is InChI=1S/C26H22F5N5O4/c1-2-40-23-14(10-20(32)37)9-19(34-21(23)13-3-5-15(27)6-4-13)25(39,26(29,30)31)12-33-24(38)22-17-11-16(28)7-8-18(17)35-36-22/h3-9,11,39H,2,10,12H2,1H3,(H2,32,37)(H,33,38)(H,35,36)/t25-/m0/s1. The van der Waals surface area contributed by atoms with Gasteiger partial charge in [-0.2, -0.15) is 18.3 Å². The third-order valence-electron chi connectivity index (χ3n) is 5.96. The second-order valence-electron chi connectivity index (χ2n) is 8.73. The number of hydrogen-bond acceptors (Lipinski definition) is 6. The zero-order chi connectivity index (χ0) is 29.2. The molecule has 0 radical (unpaired) electrons. The number of carbonyl (C=O) groups is 2. The van der Waals surface area contributed by atoms with Crippen molar-refractivity contribution in [3.63, 3.8) is 0 Å². The number of nitrogens with two attached hydrogens (primary N) is 1. The van der Waals surface area contributed by atoms with E-state index in [1.807, 2.05) is 5.32 Å². The average Bonchev–Trinajstić information content (AvgIpc) is 3.30. The van der Waals surface area contributed by atoms with Crippen molar-refractivity contribution in [1.82, 2.24) is 20.5 Å². The van der Waals surface area contributed by atoms with Gasteiger partial charge in [-0.05, 0) is 55.5 Å². The molecule has 0 aliphatic heterocycles. The Morgan fingerprint density at radius 1 is 1.07 bits per heavy atom. The molecule has 4 rings (SSSR count). The Morgan fingerprint density at radius 2 is 1.75 bits per heavy atom. The number of halogens is 5. The van der Waals surface area contributed by atoms with Gasteiger partial charge in [-0.3, -0.25) is 14.7 Å². The van der Waals surface area contributed by atoms with E-state index < -0.39 is 59.6 Å². The molecule has 0 aliphatic rings. The molecule has 2 amide bonds. The molecule has 9 nitrogen and oxygen atoms in total. The summed E-state index contributed by atoms with van der Waals surface area (Å²) in [5.74, 6) is -3.47. The van der Waals surface area contributed by atoms with E-state index >= 15 is 0 Å². The Kier molecular flexibility index (Phi) is 7.73. The van der Waals surface area contributed by atoms with Gasteiger partial charge < -0.3 is 20.9 Å². The smallest absolute Gasteiger partial charge is 0.424 e. The maximum Gasteiger partial charge on any atom is 0.424 e. The highest BCUT2D eigenvalue weighted by Crippen LogP contribution is 2.42. The Bertz CT molecular complexity index is 1570. The Morgan fingerprint density at radius 3 is 2.38 bits per heavy atom. The van der Waals surface area contributed by atoms with Crippen molar-refractivity contribution in [2.24, 2.45) is 5.73 Å². The van der Waals surface area contributed by atoms with Crippen LogP contribution in [0.15, 0.2) is 48.5 Å². The van der Waals surface area contributed by atoms with E-state index in [4.69, 9.17) is 10.5 Å². The van der Waals surface area contributed by atoms with E-state index in [1.54, 1.807) is 6.92 Å². The predicted molar refractivity (Wildman–Crippen MR) is 132 cm³/mol. The number of aromatic nitrogens is 3. The minimum atomic E-state index is -5.40. The number of H-pyrrole nitrogens is 1. The second-order valence-corrected chi connectivity index (χ2v) is 8.73. The zero-order valence-electron chi connectivity index (χ0n) is 20.8. The minimum absolute atomic E-state index is 0.00887. The van der Waals surface area contributed by atoms with Gasteiger partial charge in [-0.15, -0.1) is 0 Å². The number of nitrogens with one attached hydrogen (secondary N) is 2. The first-order valence-electron chi connectivity index (χ1n) is 11.8. The monoisotopic (exact) mass is 563 g/mol. The van der Waals surface area contributed by atoms with Crippen molar-refractivity contribution in [2.75, 3.05) is 13.2 Å². The van der Waals surface area contributed by atoms with Gasteiger partial charge in [0.25, 0.3) is 5.91 Å². The molecule has 0 saturated carbocycles. The van der Waals surface area contributed by atoms with Crippen LogP contribution >= 0.6 is 0 Å². The lowest BCUT2D eigenvalue weighted by atomic mass is 9.93. The molecule has 5 N–H and O–H groups in total. The van der Waals surface area contributed by atoms with Gasteiger partial charge >= 0.3 is 6.18 Å². The summed E-state index contributed by atoms with van der Waals surface area (Å²) >= 11 is 0. The number of benzene rings is 2. The number of ether oxygens (including phenoxy) is 1. The van der Waals surface area contributed by atoms with Crippen LogP contribution < -0.4 is 15.8 Å². The highest BCUT2D eigenvalue weighted by Gasteiger charge is 2.57. The van der Waals surface area contributed by atoms with Crippen molar-refractivity contribution in [2.45, 2.75) is 25.1 Å². The van der Waals surface area contributed by atoms with Crippen LogP contribution in [0.2, 0.25) is 0 Å². The van der Waals surface area contributed by atoms with Crippen molar-refractivity contribution in [3.8, 4) is 17.0 Å². The fourth-order valence-electron chi connectivity index (χ4n) is 4.01. The van der Waals surface area contributed by atoms with Gasteiger partial charge in [-0.25, -0.2) is 13.8 Å². The summed E-state index contributed by atoms with van der Waals surface area (Å²) in [6.45, 7) is 0.181. The highest BCUT2D eigenvalue weighted by molar-refractivity contribution is 6.04. The topological polar surface area (TPSA) is 143 Å². The van der Waals surface area contributed by atoms with Gasteiger partial charge in [0.15, 0.2) is 5.69 Å². The molecule has 14 heteroatoms. The number of hydrogen-bond donors (Lipinski definition) is 4. The first-order valence-corrected chi connectivity index (χ1v) is 11.8. The van der Waals surface area contributed by atoms with E-state index in [0.717, 1.165) is 30.3 Å². The zero-order valence-corrected chi connectivity index (χ0v) is 20.8. The molecule has 0 spiro atoms. The lowest BCUT2D eigenvalue weighted by Gasteiger charge is -2.31. The molecule has 0 unspecified atom stereocenters. The molecule has 2 aromatic carbocycles. The molecule has 2 aromatic heterocycles. The van der Waals surface area contributed by atoms with Crippen molar-refractivity contribution < 1.29 is 41.4 Å². The predicted octanol–water partition coefficient (Wildman–Crippen LogP) is 3.51. The minimum Gasteiger partial charge on any atom is -0.491 e. The van der Waals surface area contributed by atoms with Crippen molar-refractivity contribution in [1.29, 1.82) is 0 Å². The average molecular weight is 563 g/mol. The molecular formula is C26H22F5N5O4. The van der Waals surface area contributed by atoms with E-state index in [-0.39, 0.29) is 40.1 Å². The molecule has 0 aliphatic carbocycles. The summed E-state index contributed by atoms with van der Waals surface area (Å²) in [4.78, 5) is 28.6. The maximum absolute atomic E-state index is 14.4. The van der Waals surface area contributed by atoms with Crippen LogP contribution in [0.1, 0.15) is 28.7 Å². The Labute approximate surface area is 223 Å². The number of primary amides is 1. The number of aromatic amines is 1. The number of aliphatic hydroxyl groups is 1. The largest absolute Gasteiger partial charge is 0.491 e. The highest BCUT2D eigenvalue weighted by atomic mass is 19.4. The van der Waals surface area contributed by atoms with Crippen molar-refractivity contribution >= 4 is 22.7 Å². The van der Waals surface area contributed by atoms with Crippen LogP contribution in [0.5, 0.6) is 5.75 Å². The van der Waals surface area contributed by atoms with Crippen LogP contribution in [0.4, 0.5) is 22.0 Å². The van der Waals surface area contributed by atoms with Gasteiger partial charge in [0.2, 0.25) is 11.5 Å². The van der Waals surface area contributed by atoms with Gasteiger partial charge in [0.1, 0.15) is 23.1 Å².